The minimum Gasteiger partial charge on any atom is -0.357 e. The lowest BCUT2D eigenvalue weighted by molar-refractivity contribution is -0.120. The number of carbonyl (C=O) groups excluding carboxylic acids is 1. The second-order valence-corrected chi connectivity index (χ2v) is 8.09. The first-order valence-electron chi connectivity index (χ1n) is 9.83. The molecule has 1 saturated carbocycles. The monoisotopic (exact) mass is 358 g/mol. The lowest BCUT2D eigenvalue weighted by atomic mass is 9.88. The van der Waals surface area contributed by atoms with E-state index >= 15 is 0 Å². The summed E-state index contributed by atoms with van der Waals surface area (Å²) in [6, 6.07) is 7.99. The van der Waals surface area contributed by atoms with Crippen molar-refractivity contribution in [3.8, 4) is 0 Å². The molecule has 26 heavy (non-hydrogen) atoms. The van der Waals surface area contributed by atoms with E-state index in [-0.39, 0.29) is 17.4 Å². The van der Waals surface area contributed by atoms with Crippen LogP contribution >= 0.6 is 0 Å². The molecule has 1 aromatic rings. The molecular weight excluding hydrogens is 324 g/mol. The Morgan fingerprint density at radius 3 is 2.58 bits per heavy atom. The minimum absolute atomic E-state index is 0.0448. The molecule has 0 spiro atoms. The van der Waals surface area contributed by atoms with E-state index in [4.69, 9.17) is 0 Å². The third-order valence-corrected chi connectivity index (χ3v) is 4.43. The smallest absolute Gasteiger partial charge is 0.227 e. The third kappa shape index (κ3) is 7.06. The van der Waals surface area contributed by atoms with Gasteiger partial charge in [0.05, 0.1) is 6.54 Å². The van der Waals surface area contributed by atoms with Crippen molar-refractivity contribution in [2.75, 3.05) is 11.9 Å². The molecule has 144 valence electrons. The molecule has 1 fully saturated rings. The lowest BCUT2D eigenvalue weighted by Gasteiger charge is -2.23. The van der Waals surface area contributed by atoms with E-state index in [0.29, 0.717) is 6.54 Å². The number of nitrogens with one attached hydrogen (secondary N) is 3. The average molecular weight is 359 g/mol. The third-order valence-electron chi connectivity index (χ3n) is 4.43. The van der Waals surface area contributed by atoms with Gasteiger partial charge in [-0.25, -0.2) is 4.99 Å². The molecule has 0 bridgehead atoms. The van der Waals surface area contributed by atoms with Gasteiger partial charge < -0.3 is 16.0 Å². The Labute approximate surface area is 158 Å². The molecule has 2 rings (SSSR count). The highest BCUT2D eigenvalue weighted by molar-refractivity contribution is 5.92. The minimum atomic E-state index is -0.0448. The maximum Gasteiger partial charge on any atom is 0.227 e. The Morgan fingerprint density at radius 1 is 1.19 bits per heavy atom. The van der Waals surface area contributed by atoms with E-state index in [9.17, 15) is 4.79 Å². The zero-order valence-electron chi connectivity index (χ0n) is 16.7. The molecule has 0 saturated heterocycles. The number of benzene rings is 1. The van der Waals surface area contributed by atoms with Crippen LogP contribution in [-0.4, -0.2) is 24.0 Å². The van der Waals surface area contributed by atoms with Crippen LogP contribution in [0.1, 0.15) is 65.4 Å². The number of hydrogen-bond donors (Lipinski definition) is 3. The number of anilines is 1. The number of rotatable bonds is 5. The summed E-state index contributed by atoms with van der Waals surface area (Å²) in [4.78, 5) is 17.1. The lowest BCUT2D eigenvalue weighted by Crippen LogP contribution is -2.47. The van der Waals surface area contributed by atoms with Gasteiger partial charge in [-0.15, -0.1) is 0 Å². The number of amides is 1. The van der Waals surface area contributed by atoms with Crippen molar-refractivity contribution in [2.45, 2.75) is 71.9 Å². The number of hydrogen-bond acceptors (Lipinski definition) is 2. The molecule has 0 aromatic heterocycles. The van der Waals surface area contributed by atoms with Crippen LogP contribution < -0.4 is 16.0 Å². The Morgan fingerprint density at radius 2 is 1.92 bits per heavy atom. The van der Waals surface area contributed by atoms with E-state index in [2.05, 4.69) is 48.6 Å². The van der Waals surface area contributed by atoms with Crippen molar-refractivity contribution in [3.05, 3.63) is 29.8 Å². The van der Waals surface area contributed by atoms with Crippen LogP contribution in [0.3, 0.4) is 0 Å². The van der Waals surface area contributed by atoms with Crippen LogP contribution in [0.2, 0.25) is 0 Å². The Hall–Kier alpha value is -2.04. The number of carbonyl (C=O) groups is 1. The van der Waals surface area contributed by atoms with E-state index in [1.165, 1.54) is 19.3 Å². The molecular formula is C21H34N4O. The van der Waals surface area contributed by atoms with Crippen molar-refractivity contribution in [1.29, 1.82) is 0 Å². The van der Waals surface area contributed by atoms with E-state index in [1.54, 1.807) is 0 Å². The predicted molar refractivity (Wildman–Crippen MR) is 109 cm³/mol. The average Bonchev–Trinajstić information content (AvgIpc) is 2.60. The van der Waals surface area contributed by atoms with Crippen LogP contribution in [0.15, 0.2) is 29.3 Å². The molecule has 0 unspecified atom stereocenters. The molecule has 5 heteroatoms. The van der Waals surface area contributed by atoms with Gasteiger partial charge in [0, 0.05) is 23.7 Å². The first kappa shape index (κ1) is 20.3. The van der Waals surface area contributed by atoms with Crippen molar-refractivity contribution in [1.82, 2.24) is 10.6 Å². The van der Waals surface area contributed by atoms with Crippen LogP contribution in [0.5, 0.6) is 0 Å². The van der Waals surface area contributed by atoms with Crippen molar-refractivity contribution >= 4 is 17.6 Å². The van der Waals surface area contributed by atoms with Gasteiger partial charge in [0.25, 0.3) is 0 Å². The topological polar surface area (TPSA) is 65.5 Å². The number of guanidine groups is 1. The highest BCUT2D eigenvalue weighted by Gasteiger charge is 2.21. The van der Waals surface area contributed by atoms with Crippen molar-refractivity contribution in [2.24, 2.45) is 10.9 Å². The maximum atomic E-state index is 12.4. The van der Waals surface area contributed by atoms with Gasteiger partial charge in [0.15, 0.2) is 5.96 Å². The highest BCUT2D eigenvalue weighted by atomic mass is 16.1. The van der Waals surface area contributed by atoms with E-state index in [0.717, 1.165) is 36.6 Å². The van der Waals surface area contributed by atoms with Gasteiger partial charge in [0.1, 0.15) is 0 Å². The molecule has 5 nitrogen and oxygen atoms in total. The molecule has 1 aromatic carbocycles. The summed E-state index contributed by atoms with van der Waals surface area (Å²) in [6.45, 7) is 9.78. The quantitative estimate of drug-likeness (QED) is 0.549. The SMILES string of the molecule is CCNC(=NCc1cccc(NC(=O)C2CCCCC2)c1)NC(C)(C)C. The Bertz CT molecular complexity index is 613. The first-order valence-corrected chi connectivity index (χ1v) is 9.83. The zero-order chi connectivity index (χ0) is 19.0. The second-order valence-electron chi connectivity index (χ2n) is 8.09. The number of nitrogens with zero attached hydrogens (tertiary/aromatic N) is 1. The van der Waals surface area contributed by atoms with Gasteiger partial charge in [0.2, 0.25) is 5.91 Å². The fourth-order valence-electron chi connectivity index (χ4n) is 3.19. The zero-order valence-corrected chi connectivity index (χ0v) is 16.7. The Kier molecular flexibility index (Phi) is 7.49. The molecule has 1 aliphatic carbocycles. The summed E-state index contributed by atoms with van der Waals surface area (Å²) < 4.78 is 0. The van der Waals surface area contributed by atoms with Gasteiger partial charge >= 0.3 is 0 Å². The largest absolute Gasteiger partial charge is 0.357 e. The maximum absolute atomic E-state index is 12.4. The summed E-state index contributed by atoms with van der Waals surface area (Å²) in [5.41, 5.74) is 1.90. The second kappa shape index (κ2) is 9.60. The molecule has 0 atom stereocenters. The van der Waals surface area contributed by atoms with E-state index < -0.39 is 0 Å². The summed E-state index contributed by atoms with van der Waals surface area (Å²) in [5, 5.41) is 9.74. The van der Waals surface area contributed by atoms with Gasteiger partial charge in [-0.2, -0.15) is 0 Å². The van der Waals surface area contributed by atoms with Crippen LogP contribution in [-0.2, 0) is 11.3 Å². The molecule has 0 radical (unpaired) electrons. The van der Waals surface area contributed by atoms with Crippen molar-refractivity contribution in [3.63, 3.8) is 0 Å². The van der Waals surface area contributed by atoms with Crippen LogP contribution in [0, 0.1) is 5.92 Å². The normalized spacial score (nSPS) is 16.2. The fraction of sp³-hybridized carbons (Fsp3) is 0.619. The molecule has 1 aliphatic rings. The summed E-state index contributed by atoms with van der Waals surface area (Å²) in [6.07, 6.45) is 5.62. The van der Waals surface area contributed by atoms with Crippen LogP contribution in [0.4, 0.5) is 5.69 Å². The summed E-state index contributed by atoms with van der Waals surface area (Å²) in [5.74, 6) is 1.13. The standard InChI is InChI=1S/C21H34N4O/c1-5-22-20(25-21(2,3)4)23-15-16-10-9-13-18(14-16)24-19(26)17-11-7-6-8-12-17/h9-10,13-14,17H,5-8,11-12,15H2,1-4H3,(H,24,26)(H2,22,23,25). The number of aliphatic imine (C=N–C) groups is 1. The fourth-order valence-corrected chi connectivity index (χ4v) is 3.19. The van der Waals surface area contributed by atoms with Gasteiger partial charge in [-0.05, 0) is 58.2 Å². The van der Waals surface area contributed by atoms with Crippen LogP contribution in [0.25, 0.3) is 0 Å². The Balaban J connectivity index is 1.98. The molecule has 0 aliphatic heterocycles. The van der Waals surface area contributed by atoms with Gasteiger partial charge in [-0.3, -0.25) is 4.79 Å². The summed E-state index contributed by atoms with van der Waals surface area (Å²) >= 11 is 0. The highest BCUT2D eigenvalue weighted by Crippen LogP contribution is 2.25. The first-order chi connectivity index (χ1) is 12.4. The molecule has 0 heterocycles. The summed E-state index contributed by atoms with van der Waals surface area (Å²) in [7, 11) is 0. The van der Waals surface area contributed by atoms with Crippen molar-refractivity contribution < 1.29 is 4.79 Å². The predicted octanol–water partition coefficient (Wildman–Crippen LogP) is 4.06. The van der Waals surface area contributed by atoms with E-state index in [1.807, 2.05) is 24.3 Å². The molecule has 1 amide bonds. The molecule has 3 N–H and O–H groups in total. The van der Waals surface area contributed by atoms with Gasteiger partial charge in [-0.1, -0.05) is 31.4 Å².